The van der Waals surface area contributed by atoms with E-state index in [-0.39, 0.29) is 17.6 Å². The van der Waals surface area contributed by atoms with Gasteiger partial charge in [0.05, 0.1) is 17.6 Å². The fourth-order valence-electron chi connectivity index (χ4n) is 3.33. The second-order valence-electron chi connectivity index (χ2n) is 6.33. The largest absolute Gasteiger partial charge is 0.299 e. The number of aliphatic imine (C=N–C) groups is 1. The Morgan fingerprint density at radius 3 is 2.31 bits per heavy atom. The van der Waals surface area contributed by atoms with E-state index in [4.69, 9.17) is 0 Å². The highest BCUT2D eigenvalue weighted by Crippen LogP contribution is 2.42. The van der Waals surface area contributed by atoms with Crippen molar-refractivity contribution in [3.8, 4) is 6.07 Å². The van der Waals surface area contributed by atoms with E-state index in [0.29, 0.717) is 5.57 Å². The SMILES string of the molecule is CC(=O)C1C(C)=NC(SCc2ccccc2)=C(C#N)[C@@H]1c1ccccc1. The molecule has 0 radical (unpaired) electrons. The van der Waals surface area contributed by atoms with Crippen molar-refractivity contribution in [1.82, 2.24) is 0 Å². The van der Waals surface area contributed by atoms with Crippen LogP contribution in [0.3, 0.4) is 0 Å². The summed E-state index contributed by atoms with van der Waals surface area (Å²) in [6.45, 7) is 3.47. The number of ketones is 1. The summed E-state index contributed by atoms with van der Waals surface area (Å²) in [6.07, 6.45) is 0. The van der Waals surface area contributed by atoms with Gasteiger partial charge in [-0.3, -0.25) is 4.79 Å². The van der Waals surface area contributed by atoms with Crippen LogP contribution in [0.5, 0.6) is 0 Å². The maximum atomic E-state index is 12.3. The molecule has 0 amide bonds. The lowest BCUT2D eigenvalue weighted by atomic mass is 9.75. The lowest BCUT2D eigenvalue weighted by molar-refractivity contribution is -0.119. The highest BCUT2D eigenvalue weighted by atomic mass is 32.2. The minimum absolute atomic E-state index is 0.0416. The van der Waals surface area contributed by atoms with E-state index < -0.39 is 0 Å². The molecule has 1 unspecified atom stereocenters. The van der Waals surface area contributed by atoms with Gasteiger partial charge in [-0.25, -0.2) is 4.99 Å². The summed E-state index contributed by atoms with van der Waals surface area (Å²) in [6, 6.07) is 22.3. The predicted octanol–water partition coefficient (Wildman–Crippen LogP) is 5.12. The van der Waals surface area contributed by atoms with Crippen LogP contribution in [0.1, 0.15) is 30.9 Å². The van der Waals surface area contributed by atoms with Gasteiger partial charge in [0.1, 0.15) is 10.8 Å². The molecule has 2 aromatic rings. The first kappa shape index (κ1) is 18.2. The van der Waals surface area contributed by atoms with Crippen molar-refractivity contribution in [2.24, 2.45) is 10.9 Å². The Labute approximate surface area is 158 Å². The molecule has 4 heteroatoms. The summed E-state index contributed by atoms with van der Waals surface area (Å²) >= 11 is 1.56. The Hall–Kier alpha value is -2.64. The van der Waals surface area contributed by atoms with Crippen molar-refractivity contribution in [2.45, 2.75) is 25.5 Å². The average Bonchev–Trinajstić information content (AvgIpc) is 2.67. The Bertz CT molecular complexity index is 895. The molecule has 0 aliphatic carbocycles. The number of hydrogen-bond acceptors (Lipinski definition) is 4. The molecule has 2 aromatic carbocycles. The molecule has 130 valence electrons. The number of nitriles is 1. The van der Waals surface area contributed by atoms with E-state index in [2.05, 4.69) is 23.2 Å². The molecule has 0 fully saturated rings. The summed E-state index contributed by atoms with van der Waals surface area (Å²) < 4.78 is 0. The van der Waals surface area contributed by atoms with Gasteiger partial charge < -0.3 is 0 Å². The van der Waals surface area contributed by atoms with Gasteiger partial charge in [-0.2, -0.15) is 5.26 Å². The molecule has 1 aliphatic heterocycles. The molecule has 0 saturated heterocycles. The first-order valence-corrected chi connectivity index (χ1v) is 9.52. The third-order valence-corrected chi connectivity index (χ3v) is 5.60. The van der Waals surface area contributed by atoms with Gasteiger partial charge in [-0.05, 0) is 25.0 Å². The number of thioether (sulfide) groups is 1. The smallest absolute Gasteiger partial charge is 0.139 e. The van der Waals surface area contributed by atoms with Crippen LogP contribution in [0, 0.1) is 17.2 Å². The molecule has 0 bridgehead atoms. The molecule has 26 heavy (non-hydrogen) atoms. The van der Waals surface area contributed by atoms with E-state index >= 15 is 0 Å². The van der Waals surface area contributed by atoms with E-state index in [1.807, 2.05) is 55.5 Å². The zero-order valence-electron chi connectivity index (χ0n) is 14.8. The molecular formula is C22H20N2OS. The monoisotopic (exact) mass is 360 g/mol. The Morgan fingerprint density at radius 1 is 1.12 bits per heavy atom. The lowest BCUT2D eigenvalue weighted by Gasteiger charge is -2.30. The maximum absolute atomic E-state index is 12.3. The molecule has 0 spiro atoms. The van der Waals surface area contributed by atoms with Crippen molar-refractivity contribution < 1.29 is 4.79 Å². The molecule has 0 aromatic heterocycles. The third kappa shape index (κ3) is 3.79. The van der Waals surface area contributed by atoms with Crippen molar-refractivity contribution in [2.75, 3.05) is 0 Å². The summed E-state index contributed by atoms with van der Waals surface area (Å²) in [7, 11) is 0. The van der Waals surface area contributed by atoms with E-state index in [1.54, 1.807) is 18.7 Å². The zero-order chi connectivity index (χ0) is 18.5. The van der Waals surface area contributed by atoms with E-state index in [9.17, 15) is 10.1 Å². The Kier molecular flexibility index (Phi) is 5.70. The van der Waals surface area contributed by atoms with Gasteiger partial charge in [0, 0.05) is 17.4 Å². The van der Waals surface area contributed by atoms with E-state index in [0.717, 1.165) is 22.1 Å². The molecular weight excluding hydrogens is 340 g/mol. The fraction of sp³-hybridized carbons (Fsp3) is 0.227. The van der Waals surface area contributed by atoms with Gasteiger partial charge in [0.2, 0.25) is 0 Å². The second-order valence-corrected chi connectivity index (χ2v) is 7.30. The van der Waals surface area contributed by atoms with Crippen LogP contribution in [-0.4, -0.2) is 11.5 Å². The number of carbonyl (C=O) groups excluding carboxylic acids is 1. The molecule has 1 aliphatic rings. The molecule has 3 nitrogen and oxygen atoms in total. The molecule has 1 heterocycles. The van der Waals surface area contributed by atoms with E-state index in [1.165, 1.54) is 5.56 Å². The van der Waals surface area contributed by atoms with Crippen LogP contribution in [-0.2, 0) is 10.5 Å². The minimum Gasteiger partial charge on any atom is -0.299 e. The van der Waals surface area contributed by atoms with Crippen LogP contribution in [0.15, 0.2) is 76.3 Å². The number of allylic oxidation sites excluding steroid dienone is 1. The third-order valence-electron chi connectivity index (χ3n) is 4.54. The van der Waals surface area contributed by atoms with Crippen molar-refractivity contribution >= 4 is 23.3 Å². The quantitative estimate of drug-likeness (QED) is 0.744. The Balaban J connectivity index is 2.01. The molecule has 2 atom stereocenters. The first-order chi connectivity index (χ1) is 12.6. The zero-order valence-corrected chi connectivity index (χ0v) is 15.7. The van der Waals surface area contributed by atoms with Crippen LogP contribution >= 0.6 is 11.8 Å². The number of Topliss-reactive ketones (excluding diaryl/α,β-unsaturated/α-hetero) is 1. The average molecular weight is 360 g/mol. The van der Waals surface area contributed by atoms with Gasteiger partial charge in [-0.15, -0.1) is 11.8 Å². The number of benzene rings is 2. The molecule has 3 rings (SSSR count). The fourth-order valence-corrected chi connectivity index (χ4v) is 4.37. The number of carbonyl (C=O) groups is 1. The highest BCUT2D eigenvalue weighted by molar-refractivity contribution is 8.02. The van der Waals surface area contributed by atoms with Gasteiger partial charge in [0.25, 0.3) is 0 Å². The van der Waals surface area contributed by atoms with Crippen molar-refractivity contribution in [3.05, 3.63) is 82.4 Å². The van der Waals surface area contributed by atoms with Gasteiger partial charge in [-0.1, -0.05) is 60.7 Å². The summed E-state index contributed by atoms with van der Waals surface area (Å²) in [4.78, 5) is 17.0. The van der Waals surface area contributed by atoms with Gasteiger partial charge in [0.15, 0.2) is 0 Å². The van der Waals surface area contributed by atoms with Crippen LogP contribution in [0.25, 0.3) is 0 Å². The topological polar surface area (TPSA) is 53.2 Å². The highest BCUT2D eigenvalue weighted by Gasteiger charge is 2.37. The van der Waals surface area contributed by atoms with Crippen LogP contribution < -0.4 is 0 Å². The lowest BCUT2D eigenvalue weighted by Crippen LogP contribution is -2.31. The standard InChI is InChI=1S/C22H20N2OS/c1-15-20(16(2)25)21(18-11-7-4-8-12-18)19(13-23)22(24-15)26-14-17-9-5-3-6-10-17/h3-12,20-21H,14H2,1-2H3/t20?,21-/m0/s1. The van der Waals surface area contributed by atoms with Crippen molar-refractivity contribution in [3.63, 3.8) is 0 Å². The predicted molar refractivity (Wildman–Crippen MR) is 107 cm³/mol. The number of nitrogens with zero attached hydrogens (tertiary/aromatic N) is 2. The summed E-state index contributed by atoms with van der Waals surface area (Å²) in [5, 5.41) is 10.6. The van der Waals surface area contributed by atoms with Crippen LogP contribution in [0.2, 0.25) is 0 Å². The van der Waals surface area contributed by atoms with Gasteiger partial charge >= 0.3 is 0 Å². The summed E-state index contributed by atoms with van der Waals surface area (Å²) in [5.74, 6) is 0.132. The van der Waals surface area contributed by atoms with Crippen LogP contribution in [0.4, 0.5) is 0 Å². The molecule has 0 saturated carbocycles. The molecule has 0 N–H and O–H groups in total. The number of rotatable bonds is 5. The maximum Gasteiger partial charge on any atom is 0.139 e. The second kappa shape index (κ2) is 8.16. The normalized spacial score (nSPS) is 19.7. The summed E-state index contributed by atoms with van der Waals surface area (Å²) in [5.41, 5.74) is 3.53. The first-order valence-electron chi connectivity index (χ1n) is 8.53. The number of hydrogen-bond donors (Lipinski definition) is 0. The Morgan fingerprint density at radius 2 is 1.73 bits per heavy atom. The minimum atomic E-state index is -0.381. The van der Waals surface area contributed by atoms with Crippen molar-refractivity contribution in [1.29, 1.82) is 5.26 Å².